The van der Waals surface area contributed by atoms with Crippen molar-refractivity contribution in [2.24, 2.45) is 5.41 Å². The van der Waals surface area contributed by atoms with E-state index < -0.39 is 5.97 Å². The van der Waals surface area contributed by atoms with Crippen molar-refractivity contribution in [1.29, 1.82) is 0 Å². The molecule has 1 fully saturated rings. The Bertz CT molecular complexity index is 497. The number of hydrogen-bond donors (Lipinski definition) is 1. The highest BCUT2D eigenvalue weighted by Gasteiger charge is 2.34. The summed E-state index contributed by atoms with van der Waals surface area (Å²) in [7, 11) is 0. The van der Waals surface area contributed by atoms with Gasteiger partial charge in [-0.15, -0.1) is 10.2 Å². The first-order valence-electron chi connectivity index (χ1n) is 7.09. The average molecular weight is 297 g/mol. The van der Waals surface area contributed by atoms with Gasteiger partial charge < -0.3 is 9.67 Å². The summed E-state index contributed by atoms with van der Waals surface area (Å²) in [4.78, 5) is 10.8. The van der Waals surface area contributed by atoms with Gasteiger partial charge in [0.2, 0.25) is 0 Å². The molecule has 1 aromatic rings. The monoisotopic (exact) mass is 297 g/mol. The molecule has 1 atom stereocenters. The lowest BCUT2D eigenvalue weighted by molar-refractivity contribution is -0.133. The summed E-state index contributed by atoms with van der Waals surface area (Å²) in [6.07, 6.45) is 3.41. The first kappa shape index (κ1) is 15.4. The minimum atomic E-state index is -0.817. The van der Waals surface area contributed by atoms with E-state index in [9.17, 15) is 4.79 Å². The fourth-order valence-corrected chi connectivity index (χ4v) is 3.60. The third kappa shape index (κ3) is 3.34. The van der Waals surface area contributed by atoms with Crippen LogP contribution >= 0.6 is 11.8 Å². The zero-order chi connectivity index (χ0) is 14.9. The molecular weight excluding hydrogens is 274 g/mol. The minimum Gasteiger partial charge on any atom is -0.481 e. The first-order valence-corrected chi connectivity index (χ1v) is 8.08. The van der Waals surface area contributed by atoms with Crippen LogP contribution in [0.2, 0.25) is 0 Å². The van der Waals surface area contributed by atoms with Crippen LogP contribution < -0.4 is 0 Å². The zero-order valence-corrected chi connectivity index (χ0v) is 13.4. The number of nitrogens with zero attached hydrogens (tertiary/aromatic N) is 3. The van der Waals surface area contributed by atoms with Gasteiger partial charge >= 0.3 is 5.97 Å². The van der Waals surface area contributed by atoms with Crippen LogP contribution in [0, 0.1) is 5.41 Å². The van der Waals surface area contributed by atoms with Crippen LogP contribution in [0.3, 0.4) is 0 Å². The molecular formula is C14H23N3O2S. The van der Waals surface area contributed by atoms with E-state index in [1.165, 1.54) is 18.2 Å². The maximum atomic E-state index is 10.8. The molecule has 6 heteroatoms. The molecule has 1 aromatic heterocycles. The molecule has 1 unspecified atom stereocenters. The summed E-state index contributed by atoms with van der Waals surface area (Å²) in [6, 6.07) is 0.397. The van der Waals surface area contributed by atoms with E-state index in [-0.39, 0.29) is 5.75 Å². The van der Waals surface area contributed by atoms with Crippen molar-refractivity contribution in [3.8, 4) is 0 Å². The molecule has 0 aliphatic heterocycles. The van der Waals surface area contributed by atoms with Gasteiger partial charge in [0, 0.05) is 12.0 Å². The van der Waals surface area contributed by atoms with E-state index in [1.807, 2.05) is 0 Å². The van der Waals surface area contributed by atoms with Gasteiger partial charge in [0.15, 0.2) is 5.16 Å². The van der Waals surface area contributed by atoms with E-state index in [4.69, 9.17) is 5.11 Å². The second-order valence-corrected chi connectivity index (χ2v) is 7.55. The molecule has 0 spiro atoms. The summed E-state index contributed by atoms with van der Waals surface area (Å²) in [5.74, 6) is 0.486. The highest BCUT2D eigenvalue weighted by Crippen LogP contribution is 2.45. The van der Waals surface area contributed by atoms with E-state index >= 15 is 0 Å². The minimum absolute atomic E-state index is 0.0341. The summed E-state index contributed by atoms with van der Waals surface area (Å²) in [5, 5.41) is 18.1. The average Bonchev–Trinajstić information content (AvgIpc) is 2.89. The van der Waals surface area contributed by atoms with Gasteiger partial charge in [-0.05, 0) is 24.7 Å². The van der Waals surface area contributed by atoms with Crippen LogP contribution in [0.5, 0.6) is 0 Å². The maximum absolute atomic E-state index is 10.8. The zero-order valence-electron chi connectivity index (χ0n) is 12.6. The molecule has 0 bridgehead atoms. The van der Waals surface area contributed by atoms with Crippen molar-refractivity contribution >= 4 is 17.7 Å². The molecule has 0 amide bonds. The van der Waals surface area contributed by atoms with E-state index in [2.05, 4.69) is 42.5 Å². The van der Waals surface area contributed by atoms with Gasteiger partial charge in [-0.2, -0.15) is 0 Å². The highest BCUT2D eigenvalue weighted by molar-refractivity contribution is 7.99. The van der Waals surface area contributed by atoms with Gasteiger partial charge in [0.1, 0.15) is 5.82 Å². The Morgan fingerprint density at radius 3 is 2.70 bits per heavy atom. The Balaban J connectivity index is 2.28. The lowest BCUT2D eigenvalue weighted by Gasteiger charge is -2.21. The SMILES string of the molecule is CC(C)c1nnc(SCC(=O)O)n1C1CCC(C)(C)C1. The van der Waals surface area contributed by atoms with E-state index in [0.29, 0.717) is 17.4 Å². The van der Waals surface area contributed by atoms with Crippen molar-refractivity contribution < 1.29 is 9.90 Å². The van der Waals surface area contributed by atoms with Crippen LogP contribution in [0.15, 0.2) is 5.16 Å². The third-order valence-electron chi connectivity index (χ3n) is 3.84. The van der Waals surface area contributed by atoms with Crippen molar-refractivity contribution in [2.75, 3.05) is 5.75 Å². The number of thioether (sulfide) groups is 1. The summed E-state index contributed by atoms with van der Waals surface area (Å²) in [6.45, 7) is 8.78. The molecule has 0 aromatic carbocycles. The Morgan fingerprint density at radius 2 is 2.20 bits per heavy atom. The number of carboxylic acid groups (broad SMARTS) is 1. The first-order chi connectivity index (χ1) is 9.30. The molecule has 1 aliphatic carbocycles. The molecule has 2 rings (SSSR count). The van der Waals surface area contributed by atoms with Crippen LogP contribution in [0.4, 0.5) is 0 Å². The van der Waals surface area contributed by atoms with E-state index in [1.54, 1.807) is 0 Å². The maximum Gasteiger partial charge on any atom is 0.313 e. The van der Waals surface area contributed by atoms with Gasteiger partial charge in [0.05, 0.1) is 5.75 Å². The Kier molecular flexibility index (Phi) is 4.42. The number of rotatable bonds is 5. The Hall–Kier alpha value is -1.04. The Labute approximate surface area is 124 Å². The van der Waals surface area contributed by atoms with E-state index in [0.717, 1.165) is 23.8 Å². The van der Waals surface area contributed by atoms with Gasteiger partial charge in [0.25, 0.3) is 0 Å². The largest absolute Gasteiger partial charge is 0.481 e. The predicted molar refractivity (Wildman–Crippen MR) is 79.1 cm³/mol. The topological polar surface area (TPSA) is 68.0 Å². The number of aliphatic carboxylic acids is 1. The lowest BCUT2D eigenvalue weighted by atomic mass is 9.92. The van der Waals surface area contributed by atoms with Crippen LogP contribution in [-0.2, 0) is 4.79 Å². The van der Waals surface area contributed by atoms with Crippen molar-refractivity contribution in [1.82, 2.24) is 14.8 Å². The number of aromatic nitrogens is 3. The number of hydrogen-bond acceptors (Lipinski definition) is 4. The molecule has 1 saturated carbocycles. The summed E-state index contributed by atoms with van der Waals surface area (Å²) < 4.78 is 2.19. The standard InChI is InChI=1S/C14H23N3O2S/c1-9(2)12-15-16-13(20-8-11(18)19)17(12)10-5-6-14(3,4)7-10/h9-10H,5-8H2,1-4H3,(H,18,19). The van der Waals surface area contributed by atoms with Crippen LogP contribution in [-0.4, -0.2) is 31.6 Å². The molecule has 1 heterocycles. The second-order valence-electron chi connectivity index (χ2n) is 6.61. The van der Waals surface area contributed by atoms with Crippen molar-refractivity contribution in [3.05, 3.63) is 5.82 Å². The smallest absolute Gasteiger partial charge is 0.313 e. The lowest BCUT2D eigenvalue weighted by Crippen LogP contribution is -2.14. The van der Waals surface area contributed by atoms with Crippen molar-refractivity contribution in [3.63, 3.8) is 0 Å². The van der Waals surface area contributed by atoms with Crippen LogP contribution in [0.1, 0.15) is 64.7 Å². The molecule has 1 aliphatic rings. The molecule has 112 valence electrons. The molecule has 0 saturated heterocycles. The molecule has 0 radical (unpaired) electrons. The van der Waals surface area contributed by atoms with Gasteiger partial charge in [-0.25, -0.2) is 0 Å². The highest BCUT2D eigenvalue weighted by atomic mass is 32.2. The Morgan fingerprint density at radius 1 is 1.50 bits per heavy atom. The quantitative estimate of drug-likeness (QED) is 0.844. The fraction of sp³-hybridized carbons (Fsp3) is 0.786. The molecule has 20 heavy (non-hydrogen) atoms. The normalized spacial score (nSPS) is 21.6. The van der Waals surface area contributed by atoms with Gasteiger partial charge in [-0.1, -0.05) is 39.5 Å². The second kappa shape index (κ2) is 5.76. The molecule has 5 nitrogen and oxygen atoms in total. The fourth-order valence-electron chi connectivity index (χ4n) is 2.87. The molecule has 1 N–H and O–H groups in total. The summed E-state index contributed by atoms with van der Waals surface area (Å²) >= 11 is 1.27. The number of carboxylic acids is 1. The van der Waals surface area contributed by atoms with Crippen LogP contribution in [0.25, 0.3) is 0 Å². The third-order valence-corrected chi connectivity index (χ3v) is 4.77. The number of carbonyl (C=O) groups is 1. The van der Waals surface area contributed by atoms with Crippen molar-refractivity contribution in [2.45, 2.75) is 64.1 Å². The summed E-state index contributed by atoms with van der Waals surface area (Å²) in [5.41, 5.74) is 0.345. The predicted octanol–water partition coefficient (Wildman–Crippen LogP) is 3.33. The van der Waals surface area contributed by atoms with Gasteiger partial charge in [-0.3, -0.25) is 4.79 Å².